The molecular weight excluding hydrogens is 416 g/mol. The summed E-state index contributed by atoms with van der Waals surface area (Å²) < 4.78 is 9.22. The van der Waals surface area contributed by atoms with Gasteiger partial charge in [0.25, 0.3) is 0 Å². The lowest BCUT2D eigenvalue weighted by atomic mass is 10.1. The number of aromatic nitrogens is 5. The Morgan fingerprint density at radius 2 is 2.03 bits per heavy atom. The van der Waals surface area contributed by atoms with Gasteiger partial charge >= 0.3 is 6.09 Å². The molecule has 4 heterocycles. The predicted octanol–water partition coefficient (Wildman–Crippen LogP) is 5.10. The Kier molecular flexibility index (Phi) is 5.35. The number of carbonyl (C=O) groups excluding carboxylic acids is 1. The van der Waals surface area contributed by atoms with E-state index in [2.05, 4.69) is 28.9 Å². The molecule has 9 heteroatoms. The van der Waals surface area contributed by atoms with Crippen molar-refractivity contribution in [3.05, 3.63) is 59.3 Å². The second-order valence-electron chi connectivity index (χ2n) is 8.69. The van der Waals surface area contributed by atoms with E-state index in [4.69, 9.17) is 16.3 Å². The summed E-state index contributed by atoms with van der Waals surface area (Å²) in [4.78, 5) is 23.8. The van der Waals surface area contributed by atoms with Gasteiger partial charge in [0.15, 0.2) is 5.65 Å². The largest absolute Gasteiger partial charge is 0.443 e. The van der Waals surface area contributed by atoms with Crippen LogP contribution in [0.2, 0.25) is 5.15 Å². The van der Waals surface area contributed by atoms with Crippen molar-refractivity contribution in [3.63, 3.8) is 0 Å². The average Bonchev–Trinajstić information content (AvgIpc) is 3.27. The SMILES string of the molecule is CC(C)c1cnn2c(N(Cc3cn4ccccc4n3)C(=O)OC(C)(C)C)cc(Cl)nc12. The number of anilines is 1. The average molecular weight is 441 g/mol. The summed E-state index contributed by atoms with van der Waals surface area (Å²) in [5.74, 6) is 0.665. The van der Waals surface area contributed by atoms with Gasteiger partial charge in [-0.25, -0.2) is 14.8 Å². The van der Waals surface area contributed by atoms with Gasteiger partial charge < -0.3 is 9.14 Å². The first kappa shape index (κ1) is 21.1. The highest BCUT2D eigenvalue weighted by Crippen LogP contribution is 2.28. The van der Waals surface area contributed by atoms with E-state index in [0.29, 0.717) is 17.2 Å². The summed E-state index contributed by atoms with van der Waals surface area (Å²) in [5.41, 5.74) is 2.38. The molecule has 8 nitrogen and oxygen atoms in total. The molecule has 31 heavy (non-hydrogen) atoms. The van der Waals surface area contributed by atoms with Gasteiger partial charge in [-0.1, -0.05) is 31.5 Å². The highest BCUT2D eigenvalue weighted by Gasteiger charge is 2.28. The van der Waals surface area contributed by atoms with Crippen LogP contribution in [0.1, 0.15) is 51.8 Å². The third-order valence-corrected chi connectivity index (χ3v) is 4.89. The summed E-state index contributed by atoms with van der Waals surface area (Å²) >= 11 is 6.36. The van der Waals surface area contributed by atoms with Crippen LogP contribution in [0.3, 0.4) is 0 Å². The minimum atomic E-state index is -0.669. The van der Waals surface area contributed by atoms with E-state index in [1.807, 2.05) is 55.8 Å². The summed E-state index contributed by atoms with van der Waals surface area (Å²) in [6.07, 6.45) is 5.03. The third kappa shape index (κ3) is 4.34. The van der Waals surface area contributed by atoms with E-state index in [9.17, 15) is 4.79 Å². The molecular formula is C22H25ClN6O2. The fourth-order valence-corrected chi connectivity index (χ4v) is 3.49. The van der Waals surface area contributed by atoms with Gasteiger partial charge in [0.05, 0.1) is 18.4 Å². The molecule has 0 aliphatic rings. The molecule has 0 unspecified atom stereocenters. The van der Waals surface area contributed by atoms with Crippen molar-refractivity contribution >= 4 is 34.8 Å². The van der Waals surface area contributed by atoms with Crippen LogP contribution in [-0.2, 0) is 11.3 Å². The Bertz CT molecular complexity index is 1220. The Labute approximate surface area is 185 Å². The van der Waals surface area contributed by atoms with Gasteiger partial charge in [-0.2, -0.15) is 9.61 Å². The smallest absolute Gasteiger partial charge is 0.416 e. The van der Waals surface area contributed by atoms with Crippen LogP contribution in [0.4, 0.5) is 10.6 Å². The van der Waals surface area contributed by atoms with Gasteiger partial charge in [-0.05, 0) is 38.8 Å². The zero-order valence-corrected chi connectivity index (χ0v) is 19.0. The lowest BCUT2D eigenvalue weighted by molar-refractivity contribution is 0.0575. The lowest BCUT2D eigenvalue weighted by Gasteiger charge is -2.27. The van der Waals surface area contributed by atoms with E-state index >= 15 is 0 Å². The number of pyridine rings is 1. The second-order valence-corrected chi connectivity index (χ2v) is 9.08. The standard InChI is InChI=1S/C22H25ClN6O2/c1-14(2)16-11-24-29-19(10-17(23)26-20(16)29)28(21(30)31-22(3,4)5)13-15-12-27-9-7-6-8-18(27)25-15/h6-12,14H,13H2,1-5H3. The van der Waals surface area contributed by atoms with Gasteiger partial charge in [0.1, 0.15) is 22.2 Å². The molecule has 0 N–H and O–H groups in total. The maximum Gasteiger partial charge on any atom is 0.416 e. The van der Waals surface area contributed by atoms with Crippen LogP contribution in [0.25, 0.3) is 11.3 Å². The molecule has 4 rings (SSSR count). The molecule has 0 saturated carbocycles. The minimum Gasteiger partial charge on any atom is -0.443 e. The van der Waals surface area contributed by atoms with Crippen molar-refractivity contribution in [3.8, 4) is 0 Å². The molecule has 4 aromatic heterocycles. The van der Waals surface area contributed by atoms with E-state index < -0.39 is 11.7 Å². The number of fused-ring (bicyclic) bond motifs is 2. The molecule has 162 valence electrons. The monoisotopic (exact) mass is 440 g/mol. The molecule has 0 atom stereocenters. The van der Waals surface area contributed by atoms with Crippen molar-refractivity contribution in [2.24, 2.45) is 0 Å². The fourth-order valence-electron chi connectivity index (χ4n) is 3.32. The third-order valence-electron chi connectivity index (χ3n) is 4.70. The molecule has 0 fully saturated rings. The summed E-state index contributed by atoms with van der Waals surface area (Å²) in [6, 6.07) is 7.37. The van der Waals surface area contributed by atoms with Crippen molar-refractivity contribution < 1.29 is 9.53 Å². The lowest BCUT2D eigenvalue weighted by Crippen LogP contribution is -2.37. The number of ether oxygens (including phenoxy) is 1. The second kappa shape index (κ2) is 7.85. The first-order valence-electron chi connectivity index (χ1n) is 10.1. The zero-order chi connectivity index (χ0) is 22.3. The van der Waals surface area contributed by atoms with Crippen molar-refractivity contribution in [2.45, 2.75) is 52.7 Å². The number of hydrogen-bond acceptors (Lipinski definition) is 5. The molecule has 4 aromatic rings. The van der Waals surface area contributed by atoms with Gasteiger partial charge in [0, 0.05) is 24.0 Å². The number of amides is 1. The summed E-state index contributed by atoms with van der Waals surface area (Å²) in [6.45, 7) is 9.78. The van der Waals surface area contributed by atoms with Crippen molar-refractivity contribution in [1.82, 2.24) is 24.0 Å². The van der Waals surface area contributed by atoms with Crippen LogP contribution < -0.4 is 4.90 Å². The topological polar surface area (TPSA) is 77.0 Å². The Balaban J connectivity index is 1.83. The van der Waals surface area contributed by atoms with Crippen LogP contribution >= 0.6 is 11.6 Å². The Morgan fingerprint density at radius 3 is 2.71 bits per heavy atom. The first-order valence-corrected chi connectivity index (χ1v) is 10.5. The molecule has 0 spiro atoms. The predicted molar refractivity (Wildman–Crippen MR) is 120 cm³/mol. The normalized spacial score (nSPS) is 12.1. The number of hydrogen-bond donors (Lipinski definition) is 0. The Hall–Kier alpha value is -3.13. The van der Waals surface area contributed by atoms with Gasteiger partial charge in [-0.3, -0.25) is 4.90 Å². The molecule has 0 bridgehead atoms. The van der Waals surface area contributed by atoms with Gasteiger partial charge in [-0.15, -0.1) is 0 Å². The minimum absolute atomic E-state index is 0.183. The highest BCUT2D eigenvalue weighted by molar-refractivity contribution is 6.29. The van der Waals surface area contributed by atoms with Crippen LogP contribution in [-0.4, -0.2) is 35.7 Å². The highest BCUT2D eigenvalue weighted by atomic mass is 35.5. The summed E-state index contributed by atoms with van der Waals surface area (Å²) in [7, 11) is 0. The number of imidazole rings is 1. The summed E-state index contributed by atoms with van der Waals surface area (Å²) in [5, 5.41) is 4.76. The first-order chi connectivity index (χ1) is 14.6. The van der Waals surface area contributed by atoms with Crippen LogP contribution in [0.15, 0.2) is 42.9 Å². The number of carbonyl (C=O) groups is 1. The molecule has 0 aliphatic heterocycles. The molecule has 0 radical (unpaired) electrons. The number of halogens is 1. The maximum atomic E-state index is 13.2. The van der Waals surface area contributed by atoms with E-state index in [1.165, 1.54) is 4.90 Å². The molecule has 0 aliphatic carbocycles. The van der Waals surface area contributed by atoms with Crippen molar-refractivity contribution in [2.75, 3.05) is 4.90 Å². The van der Waals surface area contributed by atoms with E-state index in [0.717, 1.165) is 11.2 Å². The molecule has 0 saturated heterocycles. The van der Waals surface area contributed by atoms with Crippen molar-refractivity contribution in [1.29, 1.82) is 0 Å². The Morgan fingerprint density at radius 1 is 1.26 bits per heavy atom. The molecule has 0 aromatic carbocycles. The van der Waals surface area contributed by atoms with Crippen LogP contribution in [0, 0.1) is 0 Å². The number of nitrogens with zero attached hydrogens (tertiary/aromatic N) is 6. The van der Waals surface area contributed by atoms with Gasteiger partial charge in [0.2, 0.25) is 0 Å². The van der Waals surface area contributed by atoms with E-state index in [-0.39, 0.29) is 17.6 Å². The maximum absolute atomic E-state index is 13.2. The quantitative estimate of drug-likeness (QED) is 0.413. The van der Waals surface area contributed by atoms with E-state index in [1.54, 1.807) is 16.8 Å². The zero-order valence-electron chi connectivity index (χ0n) is 18.2. The molecule has 1 amide bonds. The fraction of sp³-hybridized carbons (Fsp3) is 0.364. The number of rotatable bonds is 4. The van der Waals surface area contributed by atoms with Crippen LogP contribution in [0.5, 0.6) is 0 Å².